The Morgan fingerprint density at radius 2 is 1.95 bits per heavy atom. The van der Waals surface area contributed by atoms with Gasteiger partial charge in [-0.1, -0.05) is 30.3 Å². The lowest BCUT2D eigenvalue weighted by Crippen LogP contribution is -2.45. The van der Waals surface area contributed by atoms with Gasteiger partial charge in [-0.3, -0.25) is 0 Å². The predicted molar refractivity (Wildman–Crippen MR) is 80.7 cm³/mol. The molecule has 112 valence electrons. The van der Waals surface area contributed by atoms with Gasteiger partial charge in [0.1, 0.15) is 0 Å². The number of benzene rings is 1. The van der Waals surface area contributed by atoms with Gasteiger partial charge < -0.3 is 20.6 Å². The zero-order valence-electron chi connectivity index (χ0n) is 12.3. The molecule has 0 aromatic heterocycles. The molecule has 0 bridgehead atoms. The Morgan fingerprint density at radius 3 is 2.55 bits per heavy atom. The predicted octanol–water partition coefficient (Wildman–Crippen LogP) is 0.841. The van der Waals surface area contributed by atoms with Crippen molar-refractivity contribution in [2.75, 3.05) is 33.8 Å². The van der Waals surface area contributed by atoms with Crippen molar-refractivity contribution in [2.24, 2.45) is 0 Å². The summed E-state index contributed by atoms with van der Waals surface area (Å²) in [5.41, 5.74) is 1.26. The molecule has 0 aliphatic heterocycles. The van der Waals surface area contributed by atoms with Crippen molar-refractivity contribution in [1.82, 2.24) is 15.5 Å². The molecular formula is C15H25N3O2. The first kappa shape index (κ1) is 16.5. The average molecular weight is 279 g/mol. The molecule has 1 unspecified atom stereocenters. The number of carbonyl (C=O) groups is 1. The van der Waals surface area contributed by atoms with Gasteiger partial charge >= 0.3 is 6.03 Å². The number of likely N-dealkylation sites (N-methyl/N-ethyl adjacent to an activating group) is 1. The van der Waals surface area contributed by atoms with E-state index in [4.69, 9.17) is 5.11 Å². The maximum absolute atomic E-state index is 11.6. The highest BCUT2D eigenvalue weighted by molar-refractivity contribution is 5.73. The van der Waals surface area contributed by atoms with E-state index in [0.29, 0.717) is 19.5 Å². The van der Waals surface area contributed by atoms with Crippen molar-refractivity contribution in [3.63, 3.8) is 0 Å². The van der Waals surface area contributed by atoms with Crippen LogP contribution in [0.15, 0.2) is 30.3 Å². The van der Waals surface area contributed by atoms with E-state index in [1.54, 1.807) is 0 Å². The lowest BCUT2D eigenvalue weighted by Gasteiger charge is -2.24. The lowest BCUT2D eigenvalue weighted by atomic mass is 10.1. The summed E-state index contributed by atoms with van der Waals surface area (Å²) in [5, 5.41) is 14.2. The van der Waals surface area contributed by atoms with E-state index in [1.807, 2.05) is 32.3 Å². The topological polar surface area (TPSA) is 64.6 Å². The smallest absolute Gasteiger partial charge is 0.314 e. The number of aliphatic hydroxyl groups is 1. The first-order chi connectivity index (χ1) is 9.63. The number of carbonyl (C=O) groups excluding carboxylic acids is 1. The van der Waals surface area contributed by atoms with Gasteiger partial charge in [0.15, 0.2) is 0 Å². The molecule has 5 nitrogen and oxygen atoms in total. The van der Waals surface area contributed by atoms with Crippen LogP contribution in [-0.2, 0) is 6.42 Å². The number of nitrogens with one attached hydrogen (secondary N) is 2. The van der Waals surface area contributed by atoms with Gasteiger partial charge in [-0.15, -0.1) is 0 Å². The van der Waals surface area contributed by atoms with Crippen LogP contribution in [0.3, 0.4) is 0 Å². The number of rotatable bonds is 8. The molecule has 0 saturated carbocycles. The molecule has 2 amide bonds. The first-order valence-corrected chi connectivity index (χ1v) is 6.96. The molecule has 1 aromatic rings. The van der Waals surface area contributed by atoms with Crippen LogP contribution in [0.4, 0.5) is 4.79 Å². The molecule has 0 aliphatic carbocycles. The van der Waals surface area contributed by atoms with Crippen LogP contribution in [-0.4, -0.2) is 55.9 Å². The Hall–Kier alpha value is -1.59. The van der Waals surface area contributed by atoms with Gasteiger partial charge in [-0.05, 0) is 32.5 Å². The van der Waals surface area contributed by atoms with E-state index < -0.39 is 0 Å². The molecule has 0 radical (unpaired) electrons. The number of amides is 2. The fraction of sp³-hybridized carbons (Fsp3) is 0.533. The van der Waals surface area contributed by atoms with E-state index in [2.05, 4.69) is 27.7 Å². The Kier molecular flexibility index (Phi) is 7.69. The molecule has 0 aliphatic rings. The molecule has 3 N–H and O–H groups in total. The Balaban J connectivity index is 2.38. The molecular weight excluding hydrogens is 254 g/mol. The fourth-order valence-electron chi connectivity index (χ4n) is 1.88. The summed E-state index contributed by atoms with van der Waals surface area (Å²) in [5.74, 6) is 0. The van der Waals surface area contributed by atoms with E-state index in [0.717, 1.165) is 6.42 Å². The first-order valence-electron chi connectivity index (χ1n) is 6.96. The quantitative estimate of drug-likeness (QED) is 0.618. The standard InChI is InChI=1S/C15H25N3O2/c1-18(2)14(11-13-7-4-3-5-8-13)12-17-15(20)16-9-6-10-19/h3-5,7-8,14,19H,6,9-12H2,1-2H3,(H2,16,17,20). The summed E-state index contributed by atoms with van der Waals surface area (Å²) in [6.45, 7) is 1.18. The number of aliphatic hydroxyl groups excluding tert-OH is 1. The Morgan fingerprint density at radius 1 is 1.25 bits per heavy atom. The Labute approximate surface area is 121 Å². The molecule has 1 rings (SSSR count). The highest BCUT2D eigenvalue weighted by Gasteiger charge is 2.13. The van der Waals surface area contributed by atoms with Gasteiger partial charge in [-0.25, -0.2) is 4.79 Å². The molecule has 1 atom stereocenters. The monoisotopic (exact) mass is 279 g/mol. The number of hydrogen-bond donors (Lipinski definition) is 3. The van der Waals surface area contributed by atoms with Gasteiger partial charge in [0, 0.05) is 25.7 Å². The third kappa shape index (κ3) is 6.54. The third-order valence-corrected chi connectivity index (χ3v) is 3.16. The fourth-order valence-corrected chi connectivity index (χ4v) is 1.88. The number of hydrogen-bond acceptors (Lipinski definition) is 3. The lowest BCUT2D eigenvalue weighted by molar-refractivity contribution is 0.230. The van der Waals surface area contributed by atoms with Gasteiger partial charge in [0.2, 0.25) is 0 Å². The van der Waals surface area contributed by atoms with Crippen LogP contribution in [0.5, 0.6) is 0 Å². The summed E-state index contributed by atoms with van der Waals surface area (Å²) in [4.78, 5) is 13.7. The molecule has 1 aromatic carbocycles. The summed E-state index contributed by atoms with van der Waals surface area (Å²) in [7, 11) is 4.03. The van der Waals surface area contributed by atoms with Crippen molar-refractivity contribution in [2.45, 2.75) is 18.9 Å². The second-order valence-corrected chi connectivity index (χ2v) is 5.02. The molecule has 5 heteroatoms. The van der Waals surface area contributed by atoms with E-state index in [1.165, 1.54) is 5.56 Å². The summed E-state index contributed by atoms with van der Waals surface area (Å²) < 4.78 is 0. The maximum atomic E-state index is 11.6. The zero-order chi connectivity index (χ0) is 14.8. The zero-order valence-corrected chi connectivity index (χ0v) is 12.3. The second kappa shape index (κ2) is 9.34. The molecule has 0 fully saturated rings. The van der Waals surface area contributed by atoms with Crippen molar-refractivity contribution < 1.29 is 9.90 Å². The van der Waals surface area contributed by atoms with Crippen LogP contribution < -0.4 is 10.6 Å². The minimum Gasteiger partial charge on any atom is -0.396 e. The van der Waals surface area contributed by atoms with E-state index in [9.17, 15) is 4.79 Å². The van der Waals surface area contributed by atoms with Crippen LogP contribution in [0.1, 0.15) is 12.0 Å². The average Bonchev–Trinajstić information content (AvgIpc) is 2.44. The highest BCUT2D eigenvalue weighted by Crippen LogP contribution is 2.06. The van der Waals surface area contributed by atoms with Crippen LogP contribution >= 0.6 is 0 Å². The van der Waals surface area contributed by atoms with Crippen molar-refractivity contribution >= 4 is 6.03 Å². The second-order valence-electron chi connectivity index (χ2n) is 5.02. The van der Waals surface area contributed by atoms with Crippen molar-refractivity contribution in [3.05, 3.63) is 35.9 Å². The SMILES string of the molecule is CN(C)C(CNC(=O)NCCCO)Cc1ccccc1. The van der Waals surface area contributed by atoms with Crippen LogP contribution in [0.2, 0.25) is 0 Å². The highest BCUT2D eigenvalue weighted by atomic mass is 16.3. The van der Waals surface area contributed by atoms with Gasteiger partial charge in [0.05, 0.1) is 0 Å². The van der Waals surface area contributed by atoms with Crippen molar-refractivity contribution in [3.8, 4) is 0 Å². The third-order valence-electron chi connectivity index (χ3n) is 3.16. The van der Waals surface area contributed by atoms with Crippen LogP contribution in [0, 0.1) is 0 Å². The molecule has 0 spiro atoms. The van der Waals surface area contributed by atoms with Crippen molar-refractivity contribution in [1.29, 1.82) is 0 Å². The maximum Gasteiger partial charge on any atom is 0.314 e. The van der Waals surface area contributed by atoms with Gasteiger partial charge in [0.25, 0.3) is 0 Å². The molecule has 20 heavy (non-hydrogen) atoms. The summed E-state index contributed by atoms with van der Waals surface area (Å²) in [6, 6.07) is 10.3. The van der Waals surface area contributed by atoms with E-state index >= 15 is 0 Å². The summed E-state index contributed by atoms with van der Waals surface area (Å²) in [6.07, 6.45) is 1.47. The minimum absolute atomic E-state index is 0.0919. The number of urea groups is 1. The molecule has 0 heterocycles. The summed E-state index contributed by atoms with van der Waals surface area (Å²) >= 11 is 0. The largest absolute Gasteiger partial charge is 0.396 e. The normalized spacial score (nSPS) is 12.2. The van der Waals surface area contributed by atoms with Crippen LogP contribution in [0.25, 0.3) is 0 Å². The van der Waals surface area contributed by atoms with Gasteiger partial charge in [-0.2, -0.15) is 0 Å². The number of nitrogens with zero attached hydrogens (tertiary/aromatic N) is 1. The Bertz CT molecular complexity index is 382. The molecule has 0 saturated heterocycles. The van der Waals surface area contributed by atoms with E-state index in [-0.39, 0.29) is 18.7 Å². The minimum atomic E-state index is -0.182.